The summed E-state index contributed by atoms with van der Waals surface area (Å²) in [4.78, 5) is 14.5. The molecule has 34 heavy (non-hydrogen) atoms. The number of hydrogen-bond donors (Lipinski definition) is 3. The summed E-state index contributed by atoms with van der Waals surface area (Å²) in [6.07, 6.45) is 0.0231. The molecule has 8 nitrogen and oxygen atoms in total. The standard InChI is InChI=1S/C26H34N4O4/c1-26(2,15-19-4-7-23(33-3)8-5-19)29-17-22(31)18-34-24-9-6-20(14-21(24)16-27)25(32)30-12-10-28-11-13-30/h4-9,14,22,28-29,31H,10-13,15,17-18H2,1-3H3. The van der Waals surface area contributed by atoms with Crippen molar-refractivity contribution >= 4 is 5.91 Å². The number of β-amino-alcohol motifs (C(OH)–C–C–N with tert-alkyl or cyclic N) is 1. The third-order valence-electron chi connectivity index (χ3n) is 5.80. The van der Waals surface area contributed by atoms with E-state index in [2.05, 4.69) is 30.6 Å². The Bertz CT molecular complexity index is 995. The fourth-order valence-electron chi connectivity index (χ4n) is 3.88. The summed E-state index contributed by atoms with van der Waals surface area (Å²) < 4.78 is 10.9. The summed E-state index contributed by atoms with van der Waals surface area (Å²) in [5.41, 5.74) is 1.67. The van der Waals surface area contributed by atoms with Crippen LogP contribution in [0, 0.1) is 11.3 Å². The van der Waals surface area contributed by atoms with E-state index in [1.54, 1.807) is 30.2 Å². The van der Waals surface area contributed by atoms with Crippen LogP contribution in [-0.2, 0) is 6.42 Å². The molecule has 2 aromatic carbocycles. The first kappa shape index (κ1) is 25.5. The van der Waals surface area contributed by atoms with E-state index in [4.69, 9.17) is 9.47 Å². The summed E-state index contributed by atoms with van der Waals surface area (Å²) in [7, 11) is 1.64. The molecule has 0 saturated carbocycles. The molecule has 8 heteroatoms. The van der Waals surface area contributed by atoms with Crippen LogP contribution in [0.5, 0.6) is 11.5 Å². The number of nitrogens with zero attached hydrogens (tertiary/aromatic N) is 2. The number of aliphatic hydroxyl groups excluding tert-OH is 1. The van der Waals surface area contributed by atoms with Gasteiger partial charge in [0, 0.05) is 43.8 Å². The molecule has 1 atom stereocenters. The lowest BCUT2D eigenvalue weighted by molar-refractivity contribution is 0.0735. The predicted octanol–water partition coefficient (Wildman–Crippen LogP) is 1.96. The lowest BCUT2D eigenvalue weighted by Gasteiger charge is -2.28. The smallest absolute Gasteiger partial charge is 0.253 e. The second kappa shape index (κ2) is 11.8. The second-order valence-electron chi connectivity index (χ2n) is 9.12. The zero-order valence-corrected chi connectivity index (χ0v) is 20.1. The molecule has 1 amide bonds. The van der Waals surface area contributed by atoms with Crippen molar-refractivity contribution < 1.29 is 19.4 Å². The van der Waals surface area contributed by atoms with Crippen molar-refractivity contribution in [2.24, 2.45) is 0 Å². The van der Waals surface area contributed by atoms with Gasteiger partial charge >= 0.3 is 0 Å². The van der Waals surface area contributed by atoms with Gasteiger partial charge in [-0.3, -0.25) is 4.79 Å². The van der Waals surface area contributed by atoms with E-state index in [9.17, 15) is 15.2 Å². The van der Waals surface area contributed by atoms with Gasteiger partial charge in [-0.1, -0.05) is 12.1 Å². The maximum atomic E-state index is 12.7. The fraction of sp³-hybridized carbons (Fsp3) is 0.462. The number of carbonyl (C=O) groups excluding carboxylic acids is 1. The van der Waals surface area contributed by atoms with Crippen LogP contribution in [0.3, 0.4) is 0 Å². The van der Waals surface area contributed by atoms with E-state index in [0.717, 1.165) is 30.8 Å². The molecule has 0 aromatic heterocycles. The van der Waals surface area contributed by atoms with Gasteiger partial charge in [-0.15, -0.1) is 0 Å². The van der Waals surface area contributed by atoms with E-state index >= 15 is 0 Å². The Hall–Kier alpha value is -3.12. The third kappa shape index (κ3) is 7.19. The van der Waals surface area contributed by atoms with Crippen molar-refractivity contribution in [2.75, 3.05) is 46.4 Å². The Morgan fingerprint density at radius 2 is 1.94 bits per heavy atom. The van der Waals surface area contributed by atoms with Gasteiger partial charge in [-0.25, -0.2) is 0 Å². The van der Waals surface area contributed by atoms with Crippen LogP contribution in [0.2, 0.25) is 0 Å². The van der Waals surface area contributed by atoms with Gasteiger partial charge in [-0.05, 0) is 56.2 Å². The topological polar surface area (TPSA) is 107 Å². The van der Waals surface area contributed by atoms with E-state index in [1.807, 2.05) is 24.3 Å². The first-order valence-corrected chi connectivity index (χ1v) is 11.5. The molecule has 1 aliphatic heterocycles. The van der Waals surface area contributed by atoms with Crippen LogP contribution in [0.4, 0.5) is 0 Å². The monoisotopic (exact) mass is 466 g/mol. The molecule has 0 spiro atoms. The molecular formula is C26H34N4O4. The number of nitrogens with one attached hydrogen (secondary N) is 2. The molecule has 0 aliphatic carbocycles. The van der Waals surface area contributed by atoms with Gasteiger partial charge in [0.15, 0.2) is 0 Å². The Morgan fingerprint density at radius 1 is 1.24 bits per heavy atom. The van der Waals surface area contributed by atoms with Crippen LogP contribution in [-0.4, -0.2) is 74.0 Å². The molecular weight excluding hydrogens is 432 g/mol. The quantitative estimate of drug-likeness (QED) is 0.491. The van der Waals surface area contributed by atoms with Crippen LogP contribution >= 0.6 is 0 Å². The fourth-order valence-corrected chi connectivity index (χ4v) is 3.88. The van der Waals surface area contributed by atoms with Crippen molar-refractivity contribution in [3.63, 3.8) is 0 Å². The first-order chi connectivity index (χ1) is 16.3. The summed E-state index contributed by atoms with van der Waals surface area (Å²) in [6, 6.07) is 14.9. The Kier molecular flexibility index (Phi) is 8.88. The molecule has 1 unspecified atom stereocenters. The van der Waals surface area contributed by atoms with Gasteiger partial charge in [0.05, 0.1) is 12.7 Å². The highest BCUT2D eigenvalue weighted by Crippen LogP contribution is 2.21. The minimum absolute atomic E-state index is 0.0331. The van der Waals surface area contributed by atoms with Crippen LogP contribution in [0.15, 0.2) is 42.5 Å². The van der Waals surface area contributed by atoms with Crippen LogP contribution in [0.25, 0.3) is 0 Å². The maximum Gasteiger partial charge on any atom is 0.253 e. The van der Waals surface area contributed by atoms with Crippen LogP contribution < -0.4 is 20.1 Å². The average Bonchev–Trinajstić information content (AvgIpc) is 2.86. The molecule has 0 radical (unpaired) electrons. The van der Waals surface area contributed by atoms with Gasteiger partial charge in [-0.2, -0.15) is 5.26 Å². The zero-order valence-electron chi connectivity index (χ0n) is 20.1. The Morgan fingerprint density at radius 3 is 2.59 bits per heavy atom. The highest BCUT2D eigenvalue weighted by atomic mass is 16.5. The normalized spacial score (nSPS) is 14.9. The number of methoxy groups -OCH3 is 1. The largest absolute Gasteiger partial charge is 0.497 e. The van der Waals surface area contributed by atoms with Crippen molar-refractivity contribution in [3.8, 4) is 17.6 Å². The number of hydrogen-bond acceptors (Lipinski definition) is 7. The summed E-state index contributed by atoms with van der Waals surface area (Å²) in [5.74, 6) is 1.09. The predicted molar refractivity (Wildman–Crippen MR) is 130 cm³/mol. The van der Waals surface area contributed by atoms with E-state index in [-0.39, 0.29) is 23.6 Å². The molecule has 3 N–H and O–H groups in total. The number of ether oxygens (including phenoxy) is 2. The number of piperazine rings is 1. The molecule has 3 rings (SSSR count). The van der Waals surface area contributed by atoms with Crippen molar-refractivity contribution in [1.29, 1.82) is 5.26 Å². The second-order valence-corrected chi connectivity index (χ2v) is 9.12. The van der Waals surface area contributed by atoms with Gasteiger partial charge in [0.2, 0.25) is 0 Å². The molecule has 2 aromatic rings. The van der Waals surface area contributed by atoms with E-state index in [1.165, 1.54) is 0 Å². The van der Waals surface area contributed by atoms with Crippen molar-refractivity contribution in [1.82, 2.24) is 15.5 Å². The van der Waals surface area contributed by atoms with Crippen molar-refractivity contribution in [2.45, 2.75) is 31.9 Å². The van der Waals surface area contributed by atoms with Gasteiger partial charge in [0.25, 0.3) is 5.91 Å². The lowest BCUT2D eigenvalue weighted by atomic mass is 9.94. The first-order valence-electron chi connectivity index (χ1n) is 11.5. The minimum atomic E-state index is -0.760. The molecule has 182 valence electrons. The van der Waals surface area contributed by atoms with Gasteiger partial charge in [0.1, 0.15) is 30.3 Å². The number of rotatable bonds is 10. The van der Waals surface area contributed by atoms with Gasteiger partial charge < -0.3 is 30.1 Å². The lowest BCUT2D eigenvalue weighted by Crippen LogP contribution is -2.46. The molecule has 1 saturated heterocycles. The molecule has 1 fully saturated rings. The zero-order chi connectivity index (χ0) is 24.6. The SMILES string of the molecule is COc1ccc(CC(C)(C)NCC(O)COc2ccc(C(=O)N3CCNCC3)cc2C#N)cc1. The summed E-state index contributed by atoms with van der Waals surface area (Å²) in [6.45, 7) is 7.34. The number of aliphatic hydroxyl groups is 1. The highest BCUT2D eigenvalue weighted by Gasteiger charge is 2.21. The minimum Gasteiger partial charge on any atom is -0.497 e. The molecule has 0 bridgehead atoms. The van der Waals surface area contributed by atoms with Crippen LogP contribution in [0.1, 0.15) is 35.3 Å². The number of carbonyl (C=O) groups is 1. The Balaban J connectivity index is 1.50. The van der Waals surface area contributed by atoms with E-state index < -0.39 is 6.10 Å². The summed E-state index contributed by atoms with van der Waals surface area (Å²) in [5, 5.41) is 26.6. The average molecular weight is 467 g/mol. The summed E-state index contributed by atoms with van der Waals surface area (Å²) >= 11 is 0. The van der Waals surface area contributed by atoms with Crippen molar-refractivity contribution in [3.05, 3.63) is 59.2 Å². The number of amides is 1. The number of benzene rings is 2. The molecule has 1 aliphatic rings. The Labute approximate surface area is 201 Å². The molecule has 1 heterocycles. The highest BCUT2D eigenvalue weighted by molar-refractivity contribution is 5.95. The maximum absolute atomic E-state index is 12.7. The number of nitriles is 1. The van der Waals surface area contributed by atoms with E-state index in [0.29, 0.717) is 30.9 Å². The third-order valence-corrected chi connectivity index (χ3v) is 5.80.